The molecule has 3 aromatic rings. The van der Waals surface area contributed by atoms with Crippen LogP contribution in [0.4, 0.5) is 0 Å². The predicted octanol–water partition coefficient (Wildman–Crippen LogP) is 3.61. The van der Waals surface area contributed by atoms with Crippen molar-refractivity contribution in [1.82, 2.24) is 10.1 Å². The van der Waals surface area contributed by atoms with Gasteiger partial charge in [0.15, 0.2) is 5.60 Å². The molecule has 1 unspecified atom stereocenters. The van der Waals surface area contributed by atoms with Gasteiger partial charge in [0.1, 0.15) is 6.54 Å². The minimum absolute atomic E-state index is 0.207. The van der Waals surface area contributed by atoms with E-state index in [9.17, 15) is 5.11 Å². The van der Waals surface area contributed by atoms with E-state index >= 15 is 0 Å². The predicted molar refractivity (Wildman–Crippen MR) is 94.6 cm³/mol. The number of nitrogens with zero attached hydrogens (tertiary/aromatic N) is 2. The van der Waals surface area contributed by atoms with E-state index < -0.39 is 5.60 Å². The van der Waals surface area contributed by atoms with Gasteiger partial charge >= 0.3 is 6.33 Å². The van der Waals surface area contributed by atoms with Gasteiger partial charge in [-0.2, -0.15) is 9.78 Å². The molecule has 0 aliphatic rings. The van der Waals surface area contributed by atoms with Crippen LogP contribution in [0.2, 0.25) is 10.0 Å². The number of hydrogen-bond acceptors (Lipinski definition) is 2. The topological polar surface area (TPSA) is 52.8 Å². The molecule has 0 saturated carbocycles. The maximum atomic E-state index is 11.5. The van der Waals surface area contributed by atoms with Gasteiger partial charge < -0.3 is 5.11 Å². The summed E-state index contributed by atoms with van der Waals surface area (Å²) in [5, 5.41) is 15.6. The van der Waals surface area contributed by atoms with Crippen molar-refractivity contribution in [2.75, 3.05) is 0 Å². The highest BCUT2D eigenvalue weighted by Gasteiger charge is 2.37. The van der Waals surface area contributed by atoms with E-state index in [4.69, 9.17) is 23.2 Å². The number of hydrogen-bond donors (Lipinski definition) is 2. The third kappa shape index (κ3) is 3.22. The fraction of sp³-hybridized carbons (Fsp3) is 0.111. The summed E-state index contributed by atoms with van der Waals surface area (Å²) in [6, 6.07) is 14.3. The van der Waals surface area contributed by atoms with Crippen molar-refractivity contribution in [2.24, 2.45) is 0 Å². The zero-order valence-electron chi connectivity index (χ0n) is 12.8. The molecule has 122 valence electrons. The summed E-state index contributed by atoms with van der Waals surface area (Å²) in [5.74, 6) is 0. The molecule has 0 fully saturated rings. The molecule has 0 amide bonds. The summed E-state index contributed by atoms with van der Waals surface area (Å²) < 4.78 is 1.68. The molecule has 3 rings (SSSR count). The van der Waals surface area contributed by atoms with Gasteiger partial charge in [0.05, 0.1) is 0 Å². The fourth-order valence-corrected chi connectivity index (χ4v) is 2.98. The van der Waals surface area contributed by atoms with Crippen LogP contribution in [0.3, 0.4) is 0 Å². The Morgan fingerprint density at radius 3 is 2.50 bits per heavy atom. The average Bonchev–Trinajstić information content (AvgIpc) is 3.08. The van der Waals surface area contributed by atoms with E-state index in [1.54, 1.807) is 47.7 Å². The third-order valence-electron chi connectivity index (χ3n) is 3.92. The third-order valence-corrected chi connectivity index (χ3v) is 4.50. The van der Waals surface area contributed by atoms with Crippen molar-refractivity contribution < 1.29 is 9.79 Å². The lowest BCUT2D eigenvalue weighted by Crippen LogP contribution is -2.47. The van der Waals surface area contributed by atoms with Crippen LogP contribution >= 0.6 is 23.2 Å². The Bertz CT molecular complexity index is 847. The van der Waals surface area contributed by atoms with Gasteiger partial charge in [0, 0.05) is 10.0 Å². The van der Waals surface area contributed by atoms with E-state index in [0.717, 1.165) is 0 Å². The first kappa shape index (κ1) is 16.7. The van der Waals surface area contributed by atoms with Crippen LogP contribution in [0.25, 0.3) is 5.57 Å². The van der Waals surface area contributed by atoms with Gasteiger partial charge in [0.2, 0.25) is 6.33 Å². The standard InChI is InChI=1S/C18H15Cl2N3O/c1-13(16-4-2-3-5-17(16)20)18(24,10-23-12-21-11-22-23)14-6-8-15(19)9-7-14/h2-9,11-12,24H,1,10H2/p+1. The van der Waals surface area contributed by atoms with Crippen LogP contribution in [0.1, 0.15) is 11.1 Å². The second kappa shape index (κ2) is 6.77. The molecule has 24 heavy (non-hydrogen) atoms. The first-order chi connectivity index (χ1) is 11.5. The van der Waals surface area contributed by atoms with E-state index in [1.807, 2.05) is 18.2 Å². The number of H-pyrrole nitrogens is 1. The Kier molecular flexibility index (Phi) is 4.71. The van der Waals surface area contributed by atoms with Crippen molar-refractivity contribution in [3.05, 3.63) is 88.9 Å². The highest BCUT2D eigenvalue weighted by atomic mass is 35.5. The van der Waals surface area contributed by atoms with Gasteiger partial charge in [-0.25, -0.2) is 0 Å². The minimum atomic E-state index is -1.38. The van der Waals surface area contributed by atoms with E-state index in [1.165, 1.54) is 0 Å². The summed E-state index contributed by atoms with van der Waals surface area (Å²) >= 11 is 12.3. The van der Waals surface area contributed by atoms with Crippen LogP contribution in [-0.4, -0.2) is 15.2 Å². The quantitative estimate of drug-likeness (QED) is 0.683. The van der Waals surface area contributed by atoms with Crippen molar-refractivity contribution in [3.63, 3.8) is 0 Å². The van der Waals surface area contributed by atoms with Crippen LogP contribution < -0.4 is 4.68 Å². The van der Waals surface area contributed by atoms with Crippen molar-refractivity contribution >= 4 is 28.8 Å². The second-order valence-corrected chi connectivity index (χ2v) is 6.32. The van der Waals surface area contributed by atoms with Gasteiger partial charge in [-0.3, -0.25) is 0 Å². The maximum Gasteiger partial charge on any atom is 0.306 e. The first-order valence-corrected chi connectivity index (χ1v) is 8.07. The molecule has 1 heterocycles. The number of aliphatic hydroxyl groups is 1. The molecule has 1 aromatic heterocycles. The lowest BCUT2D eigenvalue weighted by molar-refractivity contribution is -0.761. The summed E-state index contributed by atoms with van der Waals surface area (Å²) in [4.78, 5) is 3.98. The lowest BCUT2D eigenvalue weighted by Gasteiger charge is -2.29. The molecule has 0 radical (unpaired) electrons. The fourth-order valence-electron chi connectivity index (χ4n) is 2.60. The number of aromatic nitrogens is 3. The molecule has 4 nitrogen and oxygen atoms in total. The highest BCUT2D eigenvalue weighted by Crippen LogP contribution is 2.38. The largest absolute Gasteiger partial charge is 0.376 e. The highest BCUT2D eigenvalue weighted by molar-refractivity contribution is 6.32. The SMILES string of the molecule is C=C(c1ccccc1Cl)C(O)(C[n+]1cnc[nH]1)c1ccc(Cl)cc1. The molecule has 1 atom stereocenters. The number of rotatable bonds is 5. The normalized spacial score (nSPS) is 13.5. The van der Waals surface area contributed by atoms with E-state index in [-0.39, 0.29) is 6.54 Å². The molecular weight excluding hydrogens is 345 g/mol. The van der Waals surface area contributed by atoms with Crippen molar-refractivity contribution in [1.29, 1.82) is 0 Å². The van der Waals surface area contributed by atoms with Crippen LogP contribution in [0, 0.1) is 0 Å². The Morgan fingerprint density at radius 2 is 1.88 bits per heavy atom. The van der Waals surface area contributed by atoms with Gasteiger partial charge in [-0.1, -0.05) is 60.1 Å². The van der Waals surface area contributed by atoms with Gasteiger partial charge in [-0.05, 0) is 39.9 Å². The Labute approximate surface area is 150 Å². The molecule has 0 bridgehead atoms. The molecule has 0 aliphatic heterocycles. The second-order valence-electron chi connectivity index (χ2n) is 5.48. The summed E-state index contributed by atoms with van der Waals surface area (Å²) in [7, 11) is 0. The number of nitrogens with one attached hydrogen (secondary N) is 1. The van der Waals surface area contributed by atoms with Gasteiger partial charge in [-0.15, -0.1) is 0 Å². The van der Waals surface area contributed by atoms with Crippen molar-refractivity contribution in [2.45, 2.75) is 12.1 Å². The number of aromatic amines is 1. The van der Waals surface area contributed by atoms with Crippen molar-refractivity contribution in [3.8, 4) is 0 Å². The summed E-state index contributed by atoms with van der Waals surface area (Å²) in [6.07, 6.45) is 3.14. The number of benzene rings is 2. The first-order valence-electron chi connectivity index (χ1n) is 7.31. The molecule has 0 saturated heterocycles. The molecule has 0 spiro atoms. The Hall–Kier alpha value is -2.14. The molecule has 6 heteroatoms. The maximum absolute atomic E-state index is 11.5. The molecule has 2 N–H and O–H groups in total. The Balaban J connectivity index is 2.09. The zero-order chi connectivity index (χ0) is 17.2. The van der Waals surface area contributed by atoms with E-state index in [2.05, 4.69) is 16.7 Å². The van der Waals surface area contributed by atoms with Crippen LogP contribution in [0.15, 0.2) is 67.8 Å². The monoisotopic (exact) mass is 360 g/mol. The minimum Gasteiger partial charge on any atom is -0.376 e. The molecule has 0 aliphatic carbocycles. The average molecular weight is 361 g/mol. The summed E-state index contributed by atoms with van der Waals surface area (Å²) in [6.45, 7) is 4.33. The van der Waals surface area contributed by atoms with Crippen LogP contribution in [0.5, 0.6) is 0 Å². The zero-order valence-corrected chi connectivity index (χ0v) is 14.3. The smallest absolute Gasteiger partial charge is 0.306 e. The summed E-state index contributed by atoms with van der Waals surface area (Å²) in [5.41, 5.74) is 0.473. The number of halogens is 2. The molecular formula is C18H16Cl2N3O+. The lowest BCUT2D eigenvalue weighted by atomic mass is 9.83. The van der Waals surface area contributed by atoms with Crippen LogP contribution in [-0.2, 0) is 12.1 Å². The molecule has 2 aromatic carbocycles. The Morgan fingerprint density at radius 1 is 1.17 bits per heavy atom. The van der Waals surface area contributed by atoms with E-state index in [0.29, 0.717) is 26.7 Å². The van der Waals surface area contributed by atoms with Gasteiger partial charge in [0.25, 0.3) is 0 Å².